The molecule has 4 heteroatoms. The largest absolute Gasteiger partial charge is 0.357 e. The van der Waals surface area contributed by atoms with Crippen LogP contribution in [-0.2, 0) is 6.42 Å². The summed E-state index contributed by atoms with van der Waals surface area (Å²) in [7, 11) is 0. The fourth-order valence-electron chi connectivity index (χ4n) is 2.83. The molecular weight excluding hydrogens is 308 g/mol. The van der Waals surface area contributed by atoms with Crippen LogP contribution in [0, 0.1) is 0 Å². The van der Waals surface area contributed by atoms with Gasteiger partial charge in [-0.15, -0.1) is 0 Å². The summed E-state index contributed by atoms with van der Waals surface area (Å²) >= 11 is 0. The molecule has 0 saturated heterocycles. The Morgan fingerprint density at radius 1 is 1.08 bits per heavy atom. The van der Waals surface area contributed by atoms with Crippen LogP contribution in [0.1, 0.15) is 52.5 Å². The standard InChI is InChI=1S/C21H38N4/c1-5-22-21(23-17-11-12-18-25(6-2)7-3)24-19(4)15-16-20-13-9-8-10-14-20/h8-10,13-14,19H,5-7,11-12,15-18H2,1-4H3,(H2,22,23,24). The highest BCUT2D eigenvalue weighted by atomic mass is 15.2. The first-order chi connectivity index (χ1) is 12.2. The summed E-state index contributed by atoms with van der Waals surface area (Å²) in [4.78, 5) is 7.20. The van der Waals surface area contributed by atoms with Crippen molar-refractivity contribution >= 4 is 5.96 Å². The van der Waals surface area contributed by atoms with Crippen LogP contribution in [0.3, 0.4) is 0 Å². The molecule has 2 N–H and O–H groups in total. The van der Waals surface area contributed by atoms with Gasteiger partial charge in [0, 0.05) is 19.1 Å². The summed E-state index contributed by atoms with van der Waals surface area (Å²) in [5.41, 5.74) is 1.40. The molecule has 4 nitrogen and oxygen atoms in total. The van der Waals surface area contributed by atoms with E-state index in [1.165, 1.54) is 18.5 Å². The molecule has 0 spiro atoms. The van der Waals surface area contributed by atoms with Gasteiger partial charge in [0.2, 0.25) is 0 Å². The third-order valence-electron chi connectivity index (χ3n) is 4.48. The number of benzene rings is 1. The van der Waals surface area contributed by atoms with Crippen LogP contribution in [-0.4, -0.2) is 49.6 Å². The molecule has 1 unspecified atom stereocenters. The number of nitrogens with zero attached hydrogens (tertiary/aromatic N) is 2. The van der Waals surface area contributed by atoms with Crippen LogP contribution in [0.2, 0.25) is 0 Å². The number of aliphatic imine (C=N–C) groups is 1. The third kappa shape index (κ3) is 10.1. The van der Waals surface area contributed by atoms with Gasteiger partial charge in [0.1, 0.15) is 0 Å². The smallest absolute Gasteiger partial charge is 0.191 e. The monoisotopic (exact) mass is 346 g/mol. The van der Waals surface area contributed by atoms with Crippen LogP contribution >= 0.6 is 0 Å². The van der Waals surface area contributed by atoms with Crippen molar-refractivity contribution < 1.29 is 0 Å². The second-order valence-corrected chi connectivity index (χ2v) is 6.56. The van der Waals surface area contributed by atoms with E-state index in [0.29, 0.717) is 6.04 Å². The SMILES string of the molecule is CCNC(=NCCCCN(CC)CC)NC(C)CCc1ccccc1. The third-order valence-corrected chi connectivity index (χ3v) is 4.48. The van der Waals surface area contributed by atoms with E-state index in [2.05, 4.69) is 73.6 Å². The van der Waals surface area contributed by atoms with Gasteiger partial charge in [-0.05, 0) is 64.7 Å². The zero-order valence-corrected chi connectivity index (χ0v) is 16.7. The van der Waals surface area contributed by atoms with Gasteiger partial charge in [-0.1, -0.05) is 44.2 Å². The molecule has 1 rings (SSSR count). The molecule has 0 saturated carbocycles. The molecule has 1 aromatic carbocycles. The number of rotatable bonds is 12. The van der Waals surface area contributed by atoms with Crippen LogP contribution in [0.15, 0.2) is 35.3 Å². The topological polar surface area (TPSA) is 39.7 Å². The van der Waals surface area contributed by atoms with E-state index < -0.39 is 0 Å². The minimum Gasteiger partial charge on any atom is -0.357 e. The molecule has 0 amide bonds. The fraction of sp³-hybridized carbons (Fsp3) is 0.667. The lowest BCUT2D eigenvalue weighted by Crippen LogP contribution is -2.42. The highest BCUT2D eigenvalue weighted by Crippen LogP contribution is 2.04. The first-order valence-electron chi connectivity index (χ1n) is 10.0. The quantitative estimate of drug-likeness (QED) is 0.344. The van der Waals surface area contributed by atoms with Crippen LogP contribution in [0.25, 0.3) is 0 Å². The summed E-state index contributed by atoms with van der Waals surface area (Å²) in [5, 5.41) is 6.90. The number of unbranched alkanes of at least 4 members (excludes halogenated alkanes) is 1. The molecule has 0 aliphatic carbocycles. The van der Waals surface area contributed by atoms with E-state index in [0.717, 1.165) is 51.4 Å². The summed E-state index contributed by atoms with van der Waals surface area (Å²) in [6.07, 6.45) is 4.56. The van der Waals surface area contributed by atoms with Gasteiger partial charge in [0.25, 0.3) is 0 Å². The van der Waals surface area contributed by atoms with Crippen LogP contribution in [0.4, 0.5) is 0 Å². The highest BCUT2D eigenvalue weighted by Gasteiger charge is 2.05. The average Bonchev–Trinajstić information content (AvgIpc) is 2.64. The molecule has 142 valence electrons. The molecule has 0 aromatic heterocycles. The Labute approximate surface area is 155 Å². The van der Waals surface area contributed by atoms with E-state index in [9.17, 15) is 0 Å². The number of hydrogen-bond donors (Lipinski definition) is 2. The zero-order valence-electron chi connectivity index (χ0n) is 16.7. The van der Waals surface area contributed by atoms with E-state index in [1.54, 1.807) is 0 Å². The van der Waals surface area contributed by atoms with Crippen molar-refractivity contribution in [3.05, 3.63) is 35.9 Å². The molecule has 0 aliphatic heterocycles. The van der Waals surface area contributed by atoms with Gasteiger partial charge in [-0.25, -0.2) is 0 Å². The molecule has 0 aliphatic rings. The van der Waals surface area contributed by atoms with Gasteiger partial charge in [0.05, 0.1) is 0 Å². The lowest BCUT2D eigenvalue weighted by molar-refractivity contribution is 0.297. The van der Waals surface area contributed by atoms with Gasteiger partial charge < -0.3 is 15.5 Å². The Bertz CT molecular complexity index is 454. The predicted molar refractivity (Wildman–Crippen MR) is 110 cm³/mol. The van der Waals surface area contributed by atoms with Crippen molar-refractivity contribution in [2.24, 2.45) is 4.99 Å². The maximum Gasteiger partial charge on any atom is 0.191 e. The first kappa shape index (κ1) is 21.5. The second-order valence-electron chi connectivity index (χ2n) is 6.56. The Morgan fingerprint density at radius 2 is 1.80 bits per heavy atom. The molecule has 1 aromatic rings. The molecular formula is C21H38N4. The molecule has 0 heterocycles. The second kappa shape index (κ2) is 13.7. The van der Waals surface area contributed by atoms with Crippen molar-refractivity contribution in [3.63, 3.8) is 0 Å². The molecule has 1 atom stereocenters. The first-order valence-corrected chi connectivity index (χ1v) is 10.0. The summed E-state index contributed by atoms with van der Waals surface area (Å²) in [5.74, 6) is 0.950. The van der Waals surface area contributed by atoms with E-state index in [-0.39, 0.29) is 0 Å². The Balaban J connectivity index is 2.31. The average molecular weight is 347 g/mol. The lowest BCUT2D eigenvalue weighted by atomic mass is 10.1. The molecule has 0 radical (unpaired) electrons. The maximum atomic E-state index is 4.73. The van der Waals surface area contributed by atoms with E-state index in [4.69, 9.17) is 4.99 Å². The lowest BCUT2D eigenvalue weighted by Gasteiger charge is -2.18. The van der Waals surface area contributed by atoms with Gasteiger partial charge >= 0.3 is 0 Å². The summed E-state index contributed by atoms with van der Waals surface area (Å²) in [6, 6.07) is 11.1. The van der Waals surface area contributed by atoms with Crippen molar-refractivity contribution in [1.29, 1.82) is 0 Å². The minimum absolute atomic E-state index is 0.411. The summed E-state index contributed by atoms with van der Waals surface area (Å²) < 4.78 is 0. The summed E-state index contributed by atoms with van der Waals surface area (Å²) in [6.45, 7) is 14.1. The van der Waals surface area contributed by atoms with Gasteiger partial charge in [-0.3, -0.25) is 4.99 Å². The maximum absolute atomic E-state index is 4.73. The highest BCUT2D eigenvalue weighted by molar-refractivity contribution is 5.80. The van der Waals surface area contributed by atoms with Crippen molar-refractivity contribution in [2.45, 2.75) is 59.4 Å². The zero-order chi connectivity index (χ0) is 18.3. The van der Waals surface area contributed by atoms with Gasteiger partial charge in [0.15, 0.2) is 5.96 Å². The number of nitrogens with one attached hydrogen (secondary N) is 2. The molecule has 0 fully saturated rings. The fourth-order valence-corrected chi connectivity index (χ4v) is 2.83. The predicted octanol–water partition coefficient (Wildman–Crippen LogP) is 3.68. The Hall–Kier alpha value is -1.55. The molecule has 0 bridgehead atoms. The number of guanidine groups is 1. The molecule has 25 heavy (non-hydrogen) atoms. The Kier molecular flexibility index (Phi) is 11.8. The van der Waals surface area contributed by atoms with Crippen LogP contribution < -0.4 is 10.6 Å². The number of hydrogen-bond acceptors (Lipinski definition) is 2. The van der Waals surface area contributed by atoms with Crippen molar-refractivity contribution in [2.75, 3.05) is 32.7 Å². The Morgan fingerprint density at radius 3 is 2.44 bits per heavy atom. The van der Waals surface area contributed by atoms with E-state index >= 15 is 0 Å². The normalized spacial score (nSPS) is 13.1. The van der Waals surface area contributed by atoms with Crippen molar-refractivity contribution in [1.82, 2.24) is 15.5 Å². The number of aryl methyl sites for hydroxylation is 1. The van der Waals surface area contributed by atoms with E-state index in [1.807, 2.05) is 0 Å². The van der Waals surface area contributed by atoms with Crippen LogP contribution in [0.5, 0.6) is 0 Å². The minimum atomic E-state index is 0.411. The van der Waals surface area contributed by atoms with Crippen molar-refractivity contribution in [3.8, 4) is 0 Å². The van der Waals surface area contributed by atoms with Gasteiger partial charge in [-0.2, -0.15) is 0 Å².